The highest BCUT2D eigenvalue weighted by atomic mass is 16.5. The monoisotopic (exact) mass is 380 g/mol. The first kappa shape index (κ1) is 18.8. The molecule has 2 heterocycles. The second-order valence-corrected chi connectivity index (χ2v) is 7.35. The van der Waals surface area contributed by atoms with E-state index in [9.17, 15) is 0 Å². The van der Waals surface area contributed by atoms with Crippen LogP contribution in [0.15, 0.2) is 42.5 Å². The fourth-order valence-electron chi connectivity index (χ4n) is 3.86. The number of para-hydroxylation sites is 2. The molecule has 0 N–H and O–H groups in total. The summed E-state index contributed by atoms with van der Waals surface area (Å²) in [5, 5.41) is 0. The van der Waals surface area contributed by atoms with E-state index in [2.05, 4.69) is 51.7 Å². The van der Waals surface area contributed by atoms with Gasteiger partial charge in [-0.3, -0.25) is 9.80 Å². The average molecular weight is 380 g/mol. The van der Waals surface area contributed by atoms with E-state index < -0.39 is 0 Å². The van der Waals surface area contributed by atoms with Gasteiger partial charge in [0.25, 0.3) is 0 Å². The molecule has 0 unspecified atom stereocenters. The zero-order valence-corrected chi connectivity index (χ0v) is 16.9. The van der Waals surface area contributed by atoms with Gasteiger partial charge in [0.1, 0.15) is 17.3 Å². The van der Waals surface area contributed by atoms with Crippen molar-refractivity contribution in [1.82, 2.24) is 19.4 Å². The fourth-order valence-corrected chi connectivity index (χ4v) is 3.86. The maximum Gasteiger partial charge on any atom is 0.123 e. The van der Waals surface area contributed by atoms with E-state index in [-0.39, 0.29) is 0 Å². The Balaban J connectivity index is 1.36. The van der Waals surface area contributed by atoms with Gasteiger partial charge in [-0.15, -0.1) is 0 Å². The van der Waals surface area contributed by atoms with Crippen molar-refractivity contribution in [3.05, 3.63) is 53.9 Å². The Bertz CT molecular complexity index is 923. The summed E-state index contributed by atoms with van der Waals surface area (Å²) in [6.07, 6.45) is 0. The molecule has 148 valence electrons. The number of benzene rings is 2. The van der Waals surface area contributed by atoms with Gasteiger partial charge < -0.3 is 14.0 Å². The van der Waals surface area contributed by atoms with E-state index >= 15 is 0 Å². The molecule has 1 aromatic heterocycles. The van der Waals surface area contributed by atoms with Gasteiger partial charge in [0.15, 0.2) is 0 Å². The van der Waals surface area contributed by atoms with Crippen molar-refractivity contribution >= 4 is 11.0 Å². The topological polar surface area (TPSA) is 42.8 Å². The summed E-state index contributed by atoms with van der Waals surface area (Å²) >= 11 is 0. The summed E-state index contributed by atoms with van der Waals surface area (Å²) in [5.74, 6) is 2.82. The Labute approximate surface area is 166 Å². The number of hydrogen-bond donors (Lipinski definition) is 0. The third-order valence-corrected chi connectivity index (χ3v) is 5.53. The van der Waals surface area contributed by atoms with Crippen LogP contribution >= 0.6 is 0 Å². The summed E-state index contributed by atoms with van der Waals surface area (Å²) in [5.41, 5.74) is 3.49. The molecule has 0 atom stereocenters. The molecule has 1 aliphatic rings. The molecule has 0 aliphatic carbocycles. The molecule has 0 spiro atoms. The van der Waals surface area contributed by atoms with Gasteiger partial charge >= 0.3 is 0 Å². The Morgan fingerprint density at radius 2 is 1.46 bits per heavy atom. The Hall–Kier alpha value is -2.57. The fraction of sp³-hybridized carbons (Fsp3) is 0.409. The maximum atomic E-state index is 5.39. The van der Waals surface area contributed by atoms with Crippen LogP contribution in [0.5, 0.6) is 11.5 Å². The van der Waals surface area contributed by atoms with E-state index in [1.807, 2.05) is 12.1 Å². The number of nitrogens with zero attached hydrogens (tertiary/aromatic N) is 4. The van der Waals surface area contributed by atoms with Gasteiger partial charge in [-0.25, -0.2) is 4.98 Å². The van der Waals surface area contributed by atoms with E-state index in [4.69, 9.17) is 14.5 Å². The van der Waals surface area contributed by atoms with Gasteiger partial charge in [0.2, 0.25) is 0 Å². The lowest BCUT2D eigenvalue weighted by molar-refractivity contribution is 0.119. The van der Waals surface area contributed by atoms with Crippen LogP contribution in [0.25, 0.3) is 11.0 Å². The van der Waals surface area contributed by atoms with Crippen molar-refractivity contribution in [2.24, 2.45) is 7.05 Å². The van der Waals surface area contributed by atoms with E-state index in [0.29, 0.717) is 0 Å². The first-order valence-electron chi connectivity index (χ1n) is 9.73. The smallest absolute Gasteiger partial charge is 0.123 e. The number of hydrogen-bond acceptors (Lipinski definition) is 5. The zero-order valence-electron chi connectivity index (χ0n) is 16.9. The maximum absolute atomic E-state index is 5.39. The molecule has 0 amide bonds. The van der Waals surface area contributed by atoms with Gasteiger partial charge in [-0.2, -0.15) is 0 Å². The quantitative estimate of drug-likeness (QED) is 0.658. The van der Waals surface area contributed by atoms with Crippen LogP contribution in [0, 0.1) is 0 Å². The number of aromatic nitrogens is 2. The number of piperazine rings is 1. The molecular weight excluding hydrogens is 352 g/mol. The largest absolute Gasteiger partial charge is 0.497 e. The van der Waals surface area contributed by atoms with Crippen molar-refractivity contribution in [1.29, 1.82) is 0 Å². The third-order valence-electron chi connectivity index (χ3n) is 5.53. The van der Waals surface area contributed by atoms with Crippen LogP contribution in [0.4, 0.5) is 0 Å². The van der Waals surface area contributed by atoms with E-state index in [0.717, 1.165) is 62.1 Å². The summed E-state index contributed by atoms with van der Waals surface area (Å²) in [6.45, 7) is 5.99. The molecule has 0 saturated carbocycles. The minimum absolute atomic E-state index is 0.842. The number of aryl methyl sites for hydroxylation is 1. The van der Waals surface area contributed by atoms with Crippen molar-refractivity contribution in [2.75, 3.05) is 40.4 Å². The Morgan fingerprint density at radius 3 is 2.07 bits per heavy atom. The normalized spacial score (nSPS) is 15.8. The van der Waals surface area contributed by atoms with Crippen molar-refractivity contribution in [2.45, 2.75) is 13.1 Å². The molecule has 0 bridgehead atoms. The number of fused-ring (bicyclic) bond motifs is 1. The van der Waals surface area contributed by atoms with E-state index in [1.54, 1.807) is 14.2 Å². The van der Waals surface area contributed by atoms with Crippen molar-refractivity contribution in [3.63, 3.8) is 0 Å². The van der Waals surface area contributed by atoms with Gasteiger partial charge in [-0.1, -0.05) is 12.1 Å². The Morgan fingerprint density at radius 1 is 0.857 bits per heavy atom. The number of methoxy groups -OCH3 is 2. The molecular formula is C22H28N4O2. The van der Waals surface area contributed by atoms with Crippen LogP contribution < -0.4 is 9.47 Å². The molecule has 6 nitrogen and oxygen atoms in total. The molecule has 0 radical (unpaired) electrons. The highest BCUT2D eigenvalue weighted by molar-refractivity contribution is 5.75. The second kappa shape index (κ2) is 8.20. The third kappa shape index (κ3) is 3.98. The zero-order chi connectivity index (χ0) is 19.5. The Kier molecular flexibility index (Phi) is 5.50. The van der Waals surface area contributed by atoms with Gasteiger partial charge in [0, 0.05) is 45.8 Å². The molecule has 1 fully saturated rings. The van der Waals surface area contributed by atoms with Crippen LogP contribution in [-0.2, 0) is 20.1 Å². The second-order valence-electron chi connectivity index (χ2n) is 7.35. The molecule has 3 aromatic rings. The van der Waals surface area contributed by atoms with Crippen LogP contribution in [0.3, 0.4) is 0 Å². The standard InChI is InChI=1S/C22H28N4O2/c1-24-21-7-5-4-6-20(21)23-22(24)16-26-10-8-25(9-11-26)15-17-12-18(27-2)14-19(13-17)28-3/h4-7,12-14H,8-11,15-16H2,1-3H3. The van der Waals surface area contributed by atoms with E-state index in [1.165, 1.54) is 11.1 Å². The summed E-state index contributed by atoms with van der Waals surface area (Å²) in [6, 6.07) is 14.4. The molecule has 2 aromatic carbocycles. The average Bonchev–Trinajstić information content (AvgIpc) is 3.04. The lowest BCUT2D eigenvalue weighted by atomic mass is 10.1. The van der Waals surface area contributed by atoms with Gasteiger partial charge in [-0.05, 0) is 29.8 Å². The predicted molar refractivity (Wildman–Crippen MR) is 111 cm³/mol. The minimum atomic E-state index is 0.842. The first-order chi connectivity index (χ1) is 13.7. The summed E-state index contributed by atoms with van der Waals surface area (Å²) in [7, 11) is 5.49. The SMILES string of the molecule is COc1cc(CN2CCN(Cc3nc4ccccc4n3C)CC2)cc(OC)c1. The lowest BCUT2D eigenvalue weighted by Crippen LogP contribution is -2.45. The number of ether oxygens (including phenoxy) is 2. The highest BCUT2D eigenvalue weighted by Gasteiger charge is 2.19. The predicted octanol–water partition coefficient (Wildman–Crippen LogP) is 2.91. The highest BCUT2D eigenvalue weighted by Crippen LogP contribution is 2.24. The molecule has 28 heavy (non-hydrogen) atoms. The lowest BCUT2D eigenvalue weighted by Gasteiger charge is -2.34. The summed E-state index contributed by atoms with van der Waals surface area (Å²) < 4.78 is 13.0. The van der Waals surface area contributed by atoms with Crippen LogP contribution in [-0.4, -0.2) is 59.7 Å². The number of rotatable bonds is 6. The number of imidazole rings is 1. The van der Waals surface area contributed by atoms with Crippen molar-refractivity contribution < 1.29 is 9.47 Å². The van der Waals surface area contributed by atoms with Gasteiger partial charge in [0.05, 0.1) is 31.8 Å². The van der Waals surface area contributed by atoms with Crippen LogP contribution in [0.2, 0.25) is 0 Å². The first-order valence-corrected chi connectivity index (χ1v) is 9.73. The van der Waals surface area contributed by atoms with Crippen molar-refractivity contribution in [3.8, 4) is 11.5 Å². The molecule has 6 heteroatoms. The molecule has 4 rings (SSSR count). The molecule has 1 saturated heterocycles. The van der Waals surface area contributed by atoms with Crippen LogP contribution in [0.1, 0.15) is 11.4 Å². The summed E-state index contributed by atoms with van der Waals surface area (Å²) in [4.78, 5) is 9.79. The molecule has 1 aliphatic heterocycles. The minimum Gasteiger partial charge on any atom is -0.497 e.